The van der Waals surface area contributed by atoms with Crippen LogP contribution in [0.5, 0.6) is 0 Å². The third kappa shape index (κ3) is 4.41. The quantitative estimate of drug-likeness (QED) is 0.508. The van der Waals surface area contributed by atoms with Gasteiger partial charge in [-0.05, 0) is 49.7 Å². The number of benzene rings is 1. The number of hydrogen-bond acceptors (Lipinski definition) is 3. The van der Waals surface area contributed by atoms with Gasteiger partial charge in [0.2, 0.25) is 0 Å². The molecular weight excluding hydrogens is 318 g/mol. The molecule has 2 N–H and O–H groups in total. The van der Waals surface area contributed by atoms with Gasteiger partial charge < -0.3 is 9.88 Å². The molecule has 0 bridgehead atoms. The number of nitrogens with zero attached hydrogens (tertiary/aromatic N) is 3. The van der Waals surface area contributed by atoms with E-state index >= 15 is 0 Å². The van der Waals surface area contributed by atoms with Crippen LogP contribution in [0.4, 0.5) is 0 Å². The van der Waals surface area contributed by atoms with E-state index < -0.39 is 0 Å². The van der Waals surface area contributed by atoms with Gasteiger partial charge in [-0.25, -0.2) is 4.98 Å². The number of thiocarbonyl (C=S) groups is 1. The second-order valence-electron chi connectivity index (χ2n) is 6.13. The Hall–Kier alpha value is -2.21. The Morgan fingerprint density at radius 2 is 1.96 bits per heavy atom. The zero-order chi connectivity index (χ0) is 16.8. The second kappa shape index (κ2) is 8.06. The highest BCUT2D eigenvalue weighted by Gasteiger charge is 2.13. The SMILES string of the molecule is CC(=NNC(=S)NC1CCCCC1)c1ccc(-n2ccnc2)cc1. The van der Waals surface area contributed by atoms with Crippen LogP contribution in [0.15, 0.2) is 48.1 Å². The van der Waals surface area contributed by atoms with E-state index in [4.69, 9.17) is 12.2 Å². The minimum absolute atomic E-state index is 0.490. The topological polar surface area (TPSA) is 54.2 Å². The van der Waals surface area contributed by atoms with Crippen molar-refractivity contribution in [2.45, 2.75) is 45.1 Å². The first-order valence-corrected chi connectivity index (χ1v) is 8.83. The summed E-state index contributed by atoms with van der Waals surface area (Å²) in [6.45, 7) is 1.97. The predicted molar refractivity (Wildman–Crippen MR) is 102 cm³/mol. The number of imidazole rings is 1. The van der Waals surface area contributed by atoms with E-state index in [0.717, 1.165) is 17.0 Å². The summed E-state index contributed by atoms with van der Waals surface area (Å²) in [6, 6.07) is 8.69. The first-order valence-electron chi connectivity index (χ1n) is 8.42. The summed E-state index contributed by atoms with van der Waals surface area (Å²) in [7, 11) is 0. The number of nitrogens with one attached hydrogen (secondary N) is 2. The molecule has 1 aromatic carbocycles. The fourth-order valence-electron chi connectivity index (χ4n) is 2.95. The van der Waals surface area contributed by atoms with Gasteiger partial charge in [-0.1, -0.05) is 31.4 Å². The molecule has 1 saturated carbocycles. The third-order valence-corrected chi connectivity index (χ3v) is 4.56. The van der Waals surface area contributed by atoms with Crippen LogP contribution in [0.3, 0.4) is 0 Å². The summed E-state index contributed by atoms with van der Waals surface area (Å²) in [5, 5.41) is 8.36. The first kappa shape index (κ1) is 16.6. The molecule has 0 atom stereocenters. The first-order chi connectivity index (χ1) is 11.7. The fraction of sp³-hybridized carbons (Fsp3) is 0.389. The van der Waals surface area contributed by atoms with Crippen molar-refractivity contribution in [1.29, 1.82) is 0 Å². The van der Waals surface area contributed by atoms with Gasteiger partial charge in [0.25, 0.3) is 0 Å². The molecule has 3 rings (SSSR count). The van der Waals surface area contributed by atoms with E-state index in [-0.39, 0.29) is 0 Å². The van der Waals surface area contributed by atoms with Gasteiger partial charge in [0.05, 0.1) is 12.0 Å². The van der Waals surface area contributed by atoms with Gasteiger partial charge in [0.15, 0.2) is 5.11 Å². The molecule has 126 valence electrons. The molecule has 0 radical (unpaired) electrons. The fourth-order valence-corrected chi connectivity index (χ4v) is 3.16. The minimum Gasteiger partial charge on any atom is -0.359 e. The van der Waals surface area contributed by atoms with Crippen molar-refractivity contribution in [3.05, 3.63) is 48.5 Å². The lowest BCUT2D eigenvalue weighted by Crippen LogP contribution is -2.41. The molecule has 0 saturated heterocycles. The average molecular weight is 341 g/mol. The molecule has 1 aliphatic carbocycles. The minimum atomic E-state index is 0.490. The zero-order valence-corrected chi connectivity index (χ0v) is 14.7. The largest absolute Gasteiger partial charge is 0.359 e. The van der Waals surface area contributed by atoms with Gasteiger partial charge >= 0.3 is 0 Å². The smallest absolute Gasteiger partial charge is 0.187 e. The van der Waals surface area contributed by atoms with E-state index in [1.807, 2.05) is 29.8 Å². The Kier molecular flexibility index (Phi) is 5.59. The van der Waals surface area contributed by atoms with E-state index in [1.54, 1.807) is 12.5 Å². The van der Waals surface area contributed by atoms with E-state index in [0.29, 0.717) is 11.2 Å². The number of hydrazone groups is 1. The van der Waals surface area contributed by atoms with Gasteiger partial charge in [-0.3, -0.25) is 5.43 Å². The van der Waals surface area contributed by atoms with Crippen LogP contribution in [0.25, 0.3) is 5.69 Å². The van der Waals surface area contributed by atoms with Crippen molar-refractivity contribution in [2.24, 2.45) is 5.10 Å². The monoisotopic (exact) mass is 341 g/mol. The molecule has 1 fully saturated rings. The zero-order valence-electron chi connectivity index (χ0n) is 13.9. The van der Waals surface area contributed by atoms with Crippen molar-refractivity contribution < 1.29 is 0 Å². The molecule has 5 nitrogen and oxygen atoms in total. The van der Waals surface area contributed by atoms with Crippen molar-refractivity contribution in [1.82, 2.24) is 20.3 Å². The summed E-state index contributed by atoms with van der Waals surface area (Å²) < 4.78 is 1.97. The predicted octanol–water partition coefficient (Wildman–Crippen LogP) is 3.39. The lowest BCUT2D eigenvalue weighted by Gasteiger charge is -2.23. The van der Waals surface area contributed by atoms with Gasteiger partial charge in [-0.15, -0.1) is 0 Å². The van der Waals surface area contributed by atoms with Crippen LogP contribution < -0.4 is 10.7 Å². The summed E-state index contributed by atoms with van der Waals surface area (Å²) in [5.74, 6) is 0. The van der Waals surface area contributed by atoms with E-state index in [9.17, 15) is 0 Å². The van der Waals surface area contributed by atoms with Gasteiger partial charge in [0, 0.05) is 24.1 Å². The highest BCUT2D eigenvalue weighted by molar-refractivity contribution is 7.80. The molecule has 1 aliphatic rings. The van der Waals surface area contributed by atoms with Crippen molar-refractivity contribution in [2.75, 3.05) is 0 Å². The van der Waals surface area contributed by atoms with E-state index in [1.165, 1.54) is 32.1 Å². The molecule has 1 aromatic heterocycles. The van der Waals surface area contributed by atoms with Crippen molar-refractivity contribution in [3.8, 4) is 5.69 Å². The van der Waals surface area contributed by atoms with Crippen LogP contribution in [0.1, 0.15) is 44.6 Å². The summed E-state index contributed by atoms with van der Waals surface area (Å²) >= 11 is 5.34. The molecule has 0 aliphatic heterocycles. The van der Waals surface area contributed by atoms with Gasteiger partial charge in [0.1, 0.15) is 0 Å². The Labute approximate surface area is 148 Å². The summed E-state index contributed by atoms with van der Waals surface area (Å²) in [4.78, 5) is 4.06. The molecule has 24 heavy (non-hydrogen) atoms. The number of aromatic nitrogens is 2. The maximum atomic E-state index is 5.34. The summed E-state index contributed by atoms with van der Waals surface area (Å²) in [6.07, 6.45) is 11.8. The molecule has 6 heteroatoms. The molecule has 0 unspecified atom stereocenters. The maximum Gasteiger partial charge on any atom is 0.187 e. The number of rotatable bonds is 4. The highest BCUT2D eigenvalue weighted by Crippen LogP contribution is 2.17. The lowest BCUT2D eigenvalue weighted by molar-refractivity contribution is 0.412. The van der Waals surface area contributed by atoms with Gasteiger partial charge in [-0.2, -0.15) is 5.10 Å². The summed E-state index contributed by atoms with van der Waals surface area (Å²) in [5.41, 5.74) is 6.00. The van der Waals surface area contributed by atoms with Crippen LogP contribution in [0, 0.1) is 0 Å². The molecular formula is C18H23N5S. The second-order valence-corrected chi connectivity index (χ2v) is 6.54. The van der Waals surface area contributed by atoms with Crippen LogP contribution in [-0.2, 0) is 0 Å². The lowest BCUT2D eigenvalue weighted by atomic mass is 9.96. The van der Waals surface area contributed by atoms with Crippen LogP contribution >= 0.6 is 12.2 Å². The van der Waals surface area contributed by atoms with Crippen molar-refractivity contribution in [3.63, 3.8) is 0 Å². The molecule has 2 aromatic rings. The Morgan fingerprint density at radius 3 is 2.62 bits per heavy atom. The third-order valence-electron chi connectivity index (χ3n) is 4.35. The van der Waals surface area contributed by atoms with E-state index in [2.05, 4.69) is 33.0 Å². The Morgan fingerprint density at radius 1 is 1.21 bits per heavy atom. The van der Waals surface area contributed by atoms with Crippen LogP contribution in [-0.4, -0.2) is 26.4 Å². The maximum absolute atomic E-state index is 5.34. The Balaban J connectivity index is 1.55. The number of hydrogen-bond donors (Lipinski definition) is 2. The molecule has 0 amide bonds. The Bertz CT molecular complexity index is 685. The average Bonchev–Trinajstić information content (AvgIpc) is 3.15. The normalized spacial score (nSPS) is 16.0. The van der Waals surface area contributed by atoms with Crippen LogP contribution in [0.2, 0.25) is 0 Å². The molecule has 1 heterocycles. The molecule has 0 spiro atoms. The highest BCUT2D eigenvalue weighted by atomic mass is 32.1. The standard InChI is InChI=1S/C18H23N5S/c1-14(21-22-18(24)20-16-5-3-2-4-6-16)15-7-9-17(10-8-15)23-12-11-19-13-23/h7-13,16H,2-6H2,1H3,(H2,20,22,24). The van der Waals surface area contributed by atoms with Crippen molar-refractivity contribution >= 4 is 23.0 Å².